The number of carboxylic acids is 1. The molecule has 7 nitrogen and oxygen atoms in total. The average Bonchev–Trinajstić information content (AvgIpc) is 3.10. The summed E-state index contributed by atoms with van der Waals surface area (Å²) in [5, 5.41) is 11.9. The van der Waals surface area contributed by atoms with Crippen molar-refractivity contribution in [3.63, 3.8) is 0 Å². The first-order valence-corrected chi connectivity index (χ1v) is 11.2. The van der Waals surface area contributed by atoms with Crippen molar-refractivity contribution in [2.75, 3.05) is 18.5 Å². The number of anilines is 1. The van der Waals surface area contributed by atoms with Crippen molar-refractivity contribution in [3.05, 3.63) is 89.5 Å². The van der Waals surface area contributed by atoms with E-state index >= 15 is 0 Å². The molecule has 2 amide bonds. The Morgan fingerprint density at radius 1 is 0.941 bits per heavy atom. The Hall–Kier alpha value is -4.13. The first-order chi connectivity index (χ1) is 16.5. The Morgan fingerprint density at radius 2 is 1.62 bits per heavy atom. The van der Waals surface area contributed by atoms with Crippen molar-refractivity contribution in [1.82, 2.24) is 4.90 Å². The summed E-state index contributed by atoms with van der Waals surface area (Å²) >= 11 is 0. The van der Waals surface area contributed by atoms with Crippen molar-refractivity contribution in [2.45, 2.75) is 24.8 Å². The third kappa shape index (κ3) is 4.12. The number of fused-ring (bicyclic) bond motifs is 3. The van der Waals surface area contributed by atoms with Crippen LogP contribution >= 0.6 is 0 Å². The van der Waals surface area contributed by atoms with Crippen molar-refractivity contribution in [1.29, 1.82) is 0 Å². The fraction of sp³-hybridized carbons (Fsp3) is 0.222. The first-order valence-electron chi connectivity index (χ1n) is 11.2. The molecule has 34 heavy (non-hydrogen) atoms. The number of carboxylic acid groups (broad SMARTS) is 1. The first kappa shape index (κ1) is 21.7. The molecule has 0 aromatic heterocycles. The molecule has 2 aliphatic rings. The molecule has 1 heterocycles. The Kier molecular flexibility index (Phi) is 5.76. The van der Waals surface area contributed by atoms with Crippen LogP contribution < -0.4 is 5.32 Å². The Balaban J connectivity index is 1.21. The van der Waals surface area contributed by atoms with Gasteiger partial charge in [0.1, 0.15) is 12.6 Å². The zero-order chi connectivity index (χ0) is 23.7. The molecule has 0 spiro atoms. The summed E-state index contributed by atoms with van der Waals surface area (Å²) in [5.74, 6) is -1.25. The molecule has 1 aliphatic carbocycles. The average molecular weight is 456 g/mol. The van der Waals surface area contributed by atoms with Gasteiger partial charge < -0.3 is 14.7 Å². The second kappa shape index (κ2) is 9.02. The molecule has 0 bridgehead atoms. The third-order valence-electron chi connectivity index (χ3n) is 6.50. The van der Waals surface area contributed by atoms with Crippen LogP contribution in [0.1, 0.15) is 29.0 Å². The predicted octanol–water partition coefficient (Wildman–Crippen LogP) is 4.28. The highest BCUT2D eigenvalue weighted by molar-refractivity contribution is 5.88. The van der Waals surface area contributed by atoms with Crippen LogP contribution in [0.3, 0.4) is 0 Å². The van der Waals surface area contributed by atoms with Crippen LogP contribution in [-0.4, -0.2) is 47.2 Å². The van der Waals surface area contributed by atoms with E-state index in [1.807, 2.05) is 24.3 Å². The van der Waals surface area contributed by atoms with E-state index in [1.54, 1.807) is 24.3 Å². The number of nitrogens with one attached hydrogen (secondary N) is 1. The van der Waals surface area contributed by atoms with E-state index in [9.17, 15) is 14.4 Å². The lowest BCUT2D eigenvalue weighted by atomic mass is 9.98. The summed E-state index contributed by atoms with van der Waals surface area (Å²) in [4.78, 5) is 37.5. The van der Waals surface area contributed by atoms with Gasteiger partial charge in [-0.2, -0.15) is 0 Å². The fourth-order valence-electron chi connectivity index (χ4n) is 4.73. The largest absolute Gasteiger partial charge is 0.480 e. The van der Waals surface area contributed by atoms with Gasteiger partial charge in [0, 0.05) is 18.2 Å². The number of rotatable bonds is 6. The molecule has 0 radical (unpaired) electrons. The summed E-state index contributed by atoms with van der Waals surface area (Å²) in [7, 11) is 0. The number of ether oxygens (including phenoxy) is 1. The summed E-state index contributed by atoms with van der Waals surface area (Å²) in [5.41, 5.74) is 5.82. The van der Waals surface area contributed by atoms with Crippen molar-refractivity contribution < 1.29 is 24.2 Å². The molecule has 172 valence electrons. The van der Waals surface area contributed by atoms with Gasteiger partial charge in [-0.25, -0.2) is 9.59 Å². The van der Waals surface area contributed by atoms with Crippen LogP contribution in [0.4, 0.5) is 10.5 Å². The van der Waals surface area contributed by atoms with Gasteiger partial charge in [-0.05, 0) is 46.4 Å². The molecule has 1 fully saturated rings. The fourth-order valence-corrected chi connectivity index (χ4v) is 4.73. The van der Waals surface area contributed by atoms with Gasteiger partial charge in [-0.1, -0.05) is 60.7 Å². The molecular formula is C27H24N2O5. The topological polar surface area (TPSA) is 95.9 Å². The minimum atomic E-state index is -0.981. The van der Waals surface area contributed by atoms with Crippen LogP contribution in [0.5, 0.6) is 0 Å². The van der Waals surface area contributed by atoms with Gasteiger partial charge in [0.05, 0.1) is 6.42 Å². The summed E-state index contributed by atoms with van der Waals surface area (Å²) < 4.78 is 5.58. The van der Waals surface area contributed by atoms with E-state index in [-0.39, 0.29) is 24.9 Å². The van der Waals surface area contributed by atoms with Crippen LogP contribution in [0, 0.1) is 0 Å². The molecular weight excluding hydrogens is 432 g/mol. The normalized spacial score (nSPS) is 16.2. The van der Waals surface area contributed by atoms with Crippen LogP contribution in [0.2, 0.25) is 0 Å². The number of likely N-dealkylation sites (tertiary alicyclic amines) is 1. The zero-order valence-corrected chi connectivity index (χ0v) is 18.4. The molecule has 3 aromatic rings. The Morgan fingerprint density at radius 3 is 2.24 bits per heavy atom. The van der Waals surface area contributed by atoms with Crippen LogP contribution in [0.15, 0.2) is 72.8 Å². The zero-order valence-electron chi connectivity index (χ0n) is 18.4. The highest BCUT2D eigenvalue weighted by Crippen LogP contribution is 2.44. The van der Waals surface area contributed by atoms with E-state index in [0.717, 1.165) is 22.3 Å². The van der Waals surface area contributed by atoms with Crippen molar-refractivity contribution in [2.24, 2.45) is 0 Å². The second-order valence-corrected chi connectivity index (χ2v) is 8.56. The highest BCUT2D eigenvalue weighted by Gasteiger charge is 2.37. The molecule has 0 saturated carbocycles. The van der Waals surface area contributed by atoms with Crippen LogP contribution in [-0.2, 0) is 20.7 Å². The molecule has 1 unspecified atom stereocenters. The number of amides is 2. The molecule has 1 aliphatic heterocycles. The minimum Gasteiger partial charge on any atom is -0.480 e. The number of carbonyl (C=O) groups excluding carboxylic acids is 2. The highest BCUT2D eigenvalue weighted by atomic mass is 16.5. The van der Waals surface area contributed by atoms with Crippen LogP contribution in [0.25, 0.3) is 11.1 Å². The molecule has 5 rings (SSSR count). The monoisotopic (exact) mass is 456 g/mol. The van der Waals surface area contributed by atoms with E-state index in [4.69, 9.17) is 9.84 Å². The summed E-state index contributed by atoms with van der Waals surface area (Å²) in [6, 6.07) is 22.5. The maximum absolute atomic E-state index is 12.5. The van der Waals surface area contributed by atoms with E-state index in [1.165, 1.54) is 4.90 Å². The maximum Gasteiger partial charge on any atom is 0.411 e. The predicted molar refractivity (Wildman–Crippen MR) is 127 cm³/mol. The van der Waals surface area contributed by atoms with Gasteiger partial charge in [0.2, 0.25) is 5.91 Å². The van der Waals surface area contributed by atoms with Gasteiger partial charge in [0.25, 0.3) is 0 Å². The van der Waals surface area contributed by atoms with Gasteiger partial charge in [0.15, 0.2) is 0 Å². The number of nitrogens with zero attached hydrogens (tertiary/aromatic N) is 1. The third-order valence-corrected chi connectivity index (χ3v) is 6.50. The smallest absolute Gasteiger partial charge is 0.411 e. The van der Waals surface area contributed by atoms with Gasteiger partial charge in [-0.3, -0.25) is 10.1 Å². The van der Waals surface area contributed by atoms with Gasteiger partial charge >= 0.3 is 12.1 Å². The molecule has 1 atom stereocenters. The number of hydrogen-bond donors (Lipinski definition) is 2. The van der Waals surface area contributed by atoms with E-state index in [0.29, 0.717) is 24.2 Å². The number of benzene rings is 3. The number of carbonyl (C=O) groups is 3. The molecule has 2 N–H and O–H groups in total. The lowest BCUT2D eigenvalue weighted by Gasteiger charge is -2.38. The lowest BCUT2D eigenvalue weighted by Crippen LogP contribution is -2.55. The molecule has 3 aromatic carbocycles. The van der Waals surface area contributed by atoms with E-state index < -0.39 is 18.1 Å². The Bertz CT molecular complexity index is 1230. The van der Waals surface area contributed by atoms with Crippen molar-refractivity contribution >= 4 is 23.7 Å². The number of aliphatic carboxylic acids is 1. The Labute approximate surface area is 197 Å². The molecule has 7 heteroatoms. The maximum atomic E-state index is 12.5. The molecule has 1 saturated heterocycles. The van der Waals surface area contributed by atoms with Gasteiger partial charge in [-0.15, -0.1) is 0 Å². The summed E-state index contributed by atoms with van der Waals surface area (Å²) in [6.07, 6.45) is -0.0203. The number of hydrogen-bond acceptors (Lipinski definition) is 4. The standard InChI is InChI=1S/C27H24N2O5/c30-25(29-13-12-24(29)26(31)32)15-17-6-5-7-18(14-17)28-27(33)34-16-23-21-10-3-1-8-19(21)20-9-2-4-11-22(20)23/h1-11,14,23-24H,12-13,15-16H2,(H,28,33)(H,31,32). The quantitative estimate of drug-likeness (QED) is 0.577. The second-order valence-electron chi connectivity index (χ2n) is 8.56. The lowest BCUT2D eigenvalue weighted by molar-refractivity contribution is -0.156. The van der Waals surface area contributed by atoms with E-state index in [2.05, 4.69) is 29.6 Å². The summed E-state index contributed by atoms with van der Waals surface area (Å²) in [6.45, 7) is 0.664. The van der Waals surface area contributed by atoms with Crippen molar-refractivity contribution in [3.8, 4) is 11.1 Å². The minimum absolute atomic E-state index is 0.0270. The SMILES string of the molecule is O=C(Nc1cccc(CC(=O)N2CCC2C(=O)O)c1)OCC1c2ccccc2-c2ccccc21.